The average Bonchev–Trinajstić information content (AvgIpc) is 1.68. The lowest BCUT2D eigenvalue weighted by Crippen LogP contribution is -2.17. The predicted molar refractivity (Wildman–Crippen MR) is 33.7 cm³/mol. The fourth-order valence-electron chi connectivity index (χ4n) is 0.239. The van der Waals surface area contributed by atoms with Crippen molar-refractivity contribution in [3.05, 3.63) is 0 Å². The Morgan fingerprint density at radius 1 is 1.86 bits per heavy atom. The van der Waals surface area contributed by atoms with Gasteiger partial charge in [0, 0.05) is 7.05 Å². The van der Waals surface area contributed by atoms with E-state index in [1.165, 1.54) is 0 Å². The molecule has 1 N–H and O–H groups in total. The van der Waals surface area contributed by atoms with Crippen LogP contribution in [-0.4, -0.2) is 18.7 Å². The smallest absolute Gasteiger partial charge is 0.224 e. The van der Waals surface area contributed by atoms with Gasteiger partial charge >= 0.3 is 0 Å². The Bertz CT molecular complexity index is 64.7. The van der Waals surface area contributed by atoms with Gasteiger partial charge in [-0.2, -0.15) is 0 Å². The normalized spacial score (nSPS) is 8.29. The zero-order valence-electron chi connectivity index (χ0n) is 4.32. The highest BCUT2D eigenvalue weighted by Crippen LogP contribution is 1.72. The van der Waals surface area contributed by atoms with E-state index in [1.54, 1.807) is 7.05 Å². The first-order valence-electron chi connectivity index (χ1n) is 2.16. The third-order valence-corrected chi connectivity index (χ3v) is 0.881. The fraction of sp³-hybridized carbons (Fsp3) is 0.750. The number of carbonyl (C=O) groups is 1. The van der Waals surface area contributed by atoms with Gasteiger partial charge in [-0.1, -0.05) is 0 Å². The first kappa shape index (κ1) is 6.82. The van der Waals surface area contributed by atoms with E-state index in [0.29, 0.717) is 6.42 Å². The second kappa shape index (κ2) is 3.99. The molecule has 0 aromatic rings. The molecule has 0 aliphatic carbocycles. The maximum atomic E-state index is 10.3. The molecule has 2 nitrogen and oxygen atoms in total. The molecule has 0 spiro atoms. The Hall–Kier alpha value is -0.180. The second-order valence-electron chi connectivity index (χ2n) is 1.17. The van der Waals surface area contributed by atoms with Crippen LogP contribution in [0.4, 0.5) is 0 Å². The minimum absolute atomic E-state index is 0.0787. The third-order valence-electron chi connectivity index (χ3n) is 0.631. The first-order chi connectivity index (χ1) is 3.31. The highest BCUT2D eigenvalue weighted by atomic mass is 32.1. The summed E-state index contributed by atoms with van der Waals surface area (Å²) in [7, 11) is 1.63. The Morgan fingerprint density at radius 2 is 2.43 bits per heavy atom. The summed E-state index contributed by atoms with van der Waals surface area (Å²) in [5.74, 6) is 0.814. The molecule has 3 heteroatoms. The van der Waals surface area contributed by atoms with E-state index in [2.05, 4.69) is 17.9 Å². The van der Waals surface area contributed by atoms with E-state index in [0.717, 1.165) is 5.75 Å². The van der Waals surface area contributed by atoms with Crippen LogP contribution in [0.3, 0.4) is 0 Å². The van der Waals surface area contributed by atoms with Crippen molar-refractivity contribution in [1.82, 2.24) is 5.32 Å². The van der Waals surface area contributed by atoms with Crippen LogP contribution in [0.5, 0.6) is 0 Å². The summed E-state index contributed by atoms with van der Waals surface area (Å²) in [6, 6.07) is 0. The Morgan fingerprint density at radius 3 is 2.57 bits per heavy atom. The number of nitrogens with one attached hydrogen (secondary N) is 1. The van der Waals surface area contributed by atoms with E-state index in [4.69, 9.17) is 0 Å². The highest BCUT2D eigenvalue weighted by Gasteiger charge is 1.93. The van der Waals surface area contributed by atoms with Crippen LogP contribution in [0.25, 0.3) is 0 Å². The quantitative estimate of drug-likeness (QED) is 0.472. The maximum Gasteiger partial charge on any atom is 0.224 e. The zero-order valence-corrected chi connectivity index (χ0v) is 5.32. The molecule has 0 saturated heterocycles. The molecule has 0 heterocycles. The first-order valence-corrected chi connectivity index (χ1v) is 2.87. The topological polar surface area (TPSA) is 29.1 Å². The summed E-state index contributed by atoms with van der Waals surface area (Å²) in [5.41, 5.74) is 0. The van der Waals surface area contributed by atoms with Gasteiger partial charge in [-0.05, 0) is 12.6 Å². The molecular weight excluding hydrogens is 110 g/mol. The molecule has 0 saturated carbocycles. The molecule has 1 amide bonds. The number of rotatable bonds is 2. The van der Waals surface area contributed by atoms with Gasteiger partial charge < -0.3 is 5.32 Å². The van der Waals surface area contributed by atoms with Gasteiger partial charge in [0.25, 0.3) is 0 Å². The fourth-order valence-corrected chi connectivity index (χ4v) is 0.466. The number of amides is 1. The zero-order chi connectivity index (χ0) is 5.70. The van der Waals surface area contributed by atoms with Crippen LogP contribution in [0, 0.1) is 0 Å². The average molecular weight is 120 g/mol. The number of hydrogen-bond donors (Lipinski definition) is 1. The number of carbonyl (C=O) groups excluding carboxylic acids is 1. The molecular formula is C4H10NOS+. The third kappa shape index (κ3) is 3.66. The second-order valence-corrected chi connectivity index (χ2v) is 1.67. The van der Waals surface area contributed by atoms with Gasteiger partial charge in [-0.25, -0.2) is 0 Å². The minimum atomic E-state index is 0.0787. The van der Waals surface area contributed by atoms with Gasteiger partial charge in [0.1, 0.15) is 5.75 Å². The minimum Gasteiger partial charge on any atom is -0.359 e. The van der Waals surface area contributed by atoms with E-state index in [-0.39, 0.29) is 5.91 Å². The van der Waals surface area contributed by atoms with Crippen molar-refractivity contribution in [2.45, 2.75) is 6.42 Å². The lowest BCUT2D eigenvalue weighted by Gasteiger charge is -1.88. The van der Waals surface area contributed by atoms with Crippen LogP contribution in [0.2, 0.25) is 0 Å². The van der Waals surface area contributed by atoms with E-state index < -0.39 is 0 Å². The largest absolute Gasteiger partial charge is 0.359 e. The molecule has 0 aromatic carbocycles. The van der Waals surface area contributed by atoms with Gasteiger partial charge in [0.2, 0.25) is 5.91 Å². The molecule has 7 heavy (non-hydrogen) atoms. The summed E-state index contributed by atoms with van der Waals surface area (Å²) in [6.07, 6.45) is 0.563. The van der Waals surface area contributed by atoms with Crippen LogP contribution < -0.4 is 5.32 Å². The van der Waals surface area contributed by atoms with E-state index in [1.807, 2.05) is 0 Å². The number of hydrogen-bond acceptors (Lipinski definition) is 1. The van der Waals surface area contributed by atoms with Crippen LogP contribution >= 0.6 is 0 Å². The predicted octanol–water partition coefficient (Wildman–Crippen LogP) is -0.866. The molecule has 0 atom stereocenters. The van der Waals surface area contributed by atoms with Crippen molar-refractivity contribution in [2.75, 3.05) is 12.8 Å². The molecule has 0 bridgehead atoms. The maximum absolute atomic E-state index is 10.3. The molecule has 0 aliphatic rings. The Balaban J connectivity index is 3.00. The van der Waals surface area contributed by atoms with Crippen molar-refractivity contribution in [1.29, 1.82) is 0 Å². The van der Waals surface area contributed by atoms with Gasteiger partial charge in [0.15, 0.2) is 0 Å². The van der Waals surface area contributed by atoms with Gasteiger partial charge in [-0.15, -0.1) is 0 Å². The molecule has 0 aliphatic heterocycles. The van der Waals surface area contributed by atoms with E-state index in [9.17, 15) is 4.79 Å². The van der Waals surface area contributed by atoms with Crippen molar-refractivity contribution >= 4 is 18.5 Å². The van der Waals surface area contributed by atoms with Crippen molar-refractivity contribution in [3.8, 4) is 0 Å². The van der Waals surface area contributed by atoms with Crippen molar-refractivity contribution < 1.29 is 4.79 Å². The SMILES string of the molecule is CNC(=O)CC[SH2+]. The van der Waals surface area contributed by atoms with Crippen molar-refractivity contribution in [2.24, 2.45) is 0 Å². The summed E-state index contributed by atoms with van der Waals surface area (Å²) in [6.45, 7) is 0. The van der Waals surface area contributed by atoms with Crippen LogP contribution in [0.1, 0.15) is 6.42 Å². The summed E-state index contributed by atoms with van der Waals surface area (Å²) in [4.78, 5) is 10.3. The summed E-state index contributed by atoms with van der Waals surface area (Å²) in [5, 5.41) is 2.50. The van der Waals surface area contributed by atoms with Gasteiger partial charge in [0.05, 0.1) is 6.42 Å². The molecule has 0 rings (SSSR count). The Labute approximate surface area is 48.7 Å². The molecule has 42 valence electrons. The van der Waals surface area contributed by atoms with Crippen molar-refractivity contribution in [3.63, 3.8) is 0 Å². The molecule has 0 unspecified atom stereocenters. The summed E-state index contributed by atoms with van der Waals surface area (Å²) >= 11 is 3.17. The lowest BCUT2D eigenvalue weighted by atomic mass is 10.5. The molecule has 0 aromatic heterocycles. The lowest BCUT2D eigenvalue weighted by molar-refractivity contribution is -0.120. The van der Waals surface area contributed by atoms with E-state index >= 15 is 0 Å². The highest BCUT2D eigenvalue weighted by molar-refractivity contribution is 7.58. The molecule has 0 radical (unpaired) electrons. The summed E-state index contributed by atoms with van der Waals surface area (Å²) < 4.78 is 0. The van der Waals surface area contributed by atoms with Crippen LogP contribution in [-0.2, 0) is 17.4 Å². The monoisotopic (exact) mass is 120 g/mol. The Kier molecular flexibility index (Phi) is 3.89. The molecule has 0 fully saturated rings. The standard InChI is InChI=1S/C4H9NOS/c1-5-4(6)2-3-7/h7H,2-3H2,1H3,(H,5,6)/p+1. The van der Waals surface area contributed by atoms with Gasteiger partial charge in [-0.3, -0.25) is 4.79 Å². The van der Waals surface area contributed by atoms with Crippen LogP contribution in [0.15, 0.2) is 0 Å².